The van der Waals surface area contributed by atoms with E-state index in [1.807, 2.05) is 13.0 Å². The van der Waals surface area contributed by atoms with Gasteiger partial charge in [0, 0.05) is 5.56 Å². The lowest BCUT2D eigenvalue weighted by atomic mass is 10.0. The average Bonchev–Trinajstić information content (AvgIpc) is 2.54. The van der Waals surface area contributed by atoms with Crippen LogP contribution in [0.25, 0.3) is 0 Å². The second-order valence-corrected chi connectivity index (χ2v) is 5.19. The van der Waals surface area contributed by atoms with Gasteiger partial charge in [-0.05, 0) is 37.6 Å². The van der Waals surface area contributed by atoms with E-state index in [9.17, 15) is 18.4 Å². The van der Waals surface area contributed by atoms with Gasteiger partial charge in [0.1, 0.15) is 11.3 Å². The van der Waals surface area contributed by atoms with Gasteiger partial charge in [-0.2, -0.15) is 8.78 Å². The Morgan fingerprint density at radius 3 is 2.46 bits per heavy atom. The first kappa shape index (κ1) is 17.6. The zero-order valence-electron chi connectivity index (χ0n) is 13.2. The molecule has 4 nitrogen and oxygen atoms in total. The van der Waals surface area contributed by atoms with Crippen LogP contribution < -0.4 is 4.74 Å². The number of esters is 1. The van der Waals surface area contributed by atoms with Crippen molar-refractivity contribution in [2.45, 2.75) is 20.5 Å². The first-order chi connectivity index (χ1) is 11.4. The average molecular weight is 334 g/mol. The number of rotatable bonds is 6. The highest BCUT2D eigenvalue weighted by Crippen LogP contribution is 2.21. The molecule has 0 spiro atoms. The molecule has 2 aromatic carbocycles. The Kier molecular flexibility index (Phi) is 5.63. The smallest absolute Gasteiger partial charge is 0.387 e. The Balaban J connectivity index is 2.08. The number of hydrogen-bond donors (Lipinski definition) is 0. The van der Waals surface area contributed by atoms with Crippen molar-refractivity contribution in [2.24, 2.45) is 0 Å². The number of benzene rings is 2. The van der Waals surface area contributed by atoms with Crippen LogP contribution in [-0.4, -0.2) is 25.0 Å². The van der Waals surface area contributed by atoms with Crippen LogP contribution >= 0.6 is 0 Å². The van der Waals surface area contributed by atoms with E-state index in [-0.39, 0.29) is 17.1 Å². The van der Waals surface area contributed by atoms with Crippen molar-refractivity contribution >= 4 is 11.8 Å². The van der Waals surface area contributed by atoms with Gasteiger partial charge < -0.3 is 9.47 Å². The first-order valence-electron chi connectivity index (χ1n) is 7.20. The van der Waals surface area contributed by atoms with Gasteiger partial charge in [0.25, 0.3) is 0 Å². The molecule has 24 heavy (non-hydrogen) atoms. The fourth-order valence-electron chi connectivity index (χ4n) is 2.16. The molecule has 126 valence electrons. The molecule has 0 atom stereocenters. The fraction of sp³-hybridized carbons (Fsp3) is 0.222. The molecule has 0 unspecified atom stereocenters. The Morgan fingerprint density at radius 1 is 1.04 bits per heavy atom. The zero-order valence-corrected chi connectivity index (χ0v) is 13.2. The molecule has 0 aliphatic heterocycles. The summed E-state index contributed by atoms with van der Waals surface area (Å²) < 4.78 is 33.9. The van der Waals surface area contributed by atoms with Crippen LogP contribution in [0.4, 0.5) is 8.78 Å². The Morgan fingerprint density at radius 2 is 1.75 bits per heavy atom. The molecule has 0 fully saturated rings. The fourth-order valence-corrected chi connectivity index (χ4v) is 2.16. The number of Topliss-reactive ketones (excluding diaryl/α,β-unsaturated/α-hetero) is 1. The molecule has 0 aliphatic rings. The van der Waals surface area contributed by atoms with Gasteiger partial charge in [-0.25, -0.2) is 4.79 Å². The minimum atomic E-state index is -3.06. The largest absolute Gasteiger partial charge is 0.454 e. The molecule has 0 saturated carbocycles. The van der Waals surface area contributed by atoms with Crippen LogP contribution in [0.5, 0.6) is 5.75 Å². The van der Waals surface area contributed by atoms with Crippen LogP contribution in [0.1, 0.15) is 31.8 Å². The quantitative estimate of drug-likeness (QED) is 0.593. The summed E-state index contributed by atoms with van der Waals surface area (Å²) in [5, 5.41) is 0. The summed E-state index contributed by atoms with van der Waals surface area (Å²) in [4.78, 5) is 24.2. The summed E-state index contributed by atoms with van der Waals surface area (Å²) in [5.74, 6) is -1.56. The summed E-state index contributed by atoms with van der Waals surface area (Å²) in [6.07, 6.45) is 0. The highest BCUT2D eigenvalue weighted by molar-refractivity contribution is 6.01. The van der Waals surface area contributed by atoms with E-state index in [2.05, 4.69) is 4.74 Å². The summed E-state index contributed by atoms with van der Waals surface area (Å²) in [5.41, 5.74) is 1.97. The summed E-state index contributed by atoms with van der Waals surface area (Å²) in [7, 11) is 0. The van der Waals surface area contributed by atoms with Crippen LogP contribution in [-0.2, 0) is 4.74 Å². The summed E-state index contributed by atoms with van der Waals surface area (Å²) >= 11 is 0. The molecule has 0 amide bonds. The summed E-state index contributed by atoms with van der Waals surface area (Å²) in [6.45, 7) is 0.0857. The predicted molar refractivity (Wildman–Crippen MR) is 83.6 cm³/mol. The van der Waals surface area contributed by atoms with Crippen molar-refractivity contribution in [2.75, 3.05) is 6.61 Å². The van der Waals surface area contributed by atoms with Crippen molar-refractivity contribution < 1.29 is 27.8 Å². The number of carbonyl (C=O) groups excluding carboxylic acids is 2. The molecule has 2 aromatic rings. The van der Waals surface area contributed by atoms with Crippen molar-refractivity contribution in [1.82, 2.24) is 0 Å². The van der Waals surface area contributed by atoms with Gasteiger partial charge >= 0.3 is 12.6 Å². The van der Waals surface area contributed by atoms with Crippen LogP contribution in [0.3, 0.4) is 0 Å². The van der Waals surface area contributed by atoms with E-state index >= 15 is 0 Å². The maximum absolute atomic E-state index is 12.4. The highest BCUT2D eigenvalue weighted by Gasteiger charge is 2.18. The van der Waals surface area contributed by atoms with E-state index in [0.717, 1.165) is 11.1 Å². The lowest BCUT2D eigenvalue weighted by Gasteiger charge is -2.11. The minimum Gasteiger partial charge on any atom is -0.454 e. The van der Waals surface area contributed by atoms with Crippen molar-refractivity contribution in [3.05, 3.63) is 64.7 Å². The highest BCUT2D eigenvalue weighted by atomic mass is 19.3. The zero-order chi connectivity index (χ0) is 17.7. The van der Waals surface area contributed by atoms with E-state index in [0.29, 0.717) is 5.56 Å². The second-order valence-electron chi connectivity index (χ2n) is 5.19. The molecular weight excluding hydrogens is 318 g/mol. The number of ether oxygens (including phenoxy) is 2. The number of halogens is 2. The van der Waals surface area contributed by atoms with Crippen LogP contribution in [0.15, 0.2) is 42.5 Å². The number of ketones is 1. The number of carbonyl (C=O) groups is 2. The molecule has 0 bridgehead atoms. The molecule has 0 radical (unpaired) electrons. The van der Waals surface area contributed by atoms with E-state index in [1.54, 1.807) is 19.1 Å². The van der Waals surface area contributed by atoms with Crippen molar-refractivity contribution in [1.29, 1.82) is 0 Å². The molecule has 0 heterocycles. The predicted octanol–water partition coefficient (Wildman–Crippen LogP) is 3.94. The maximum atomic E-state index is 12.4. The third kappa shape index (κ3) is 4.38. The van der Waals surface area contributed by atoms with Gasteiger partial charge in [0.05, 0.1) is 0 Å². The molecule has 6 heteroatoms. The molecular formula is C18H16F2O4. The third-order valence-electron chi connectivity index (χ3n) is 3.35. The number of para-hydroxylation sites is 1. The number of hydrogen-bond acceptors (Lipinski definition) is 4. The Hall–Kier alpha value is -2.76. The Labute approximate surface area is 138 Å². The van der Waals surface area contributed by atoms with Crippen molar-refractivity contribution in [3.8, 4) is 5.75 Å². The van der Waals surface area contributed by atoms with Gasteiger partial charge in [0.2, 0.25) is 5.78 Å². The lowest BCUT2D eigenvalue weighted by molar-refractivity contribution is -0.0504. The molecule has 2 rings (SSSR count). The SMILES string of the molecule is Cc1ccc(C)c(C(=O)COC(=O)c2ccccc2OC(F)F)c1. The van der Waals surface area contributed by atoms with E-state index in [4.69, 9.17) is 4.74 Å². The molecule has 0 aliphatic carbocycles. The maximum Gasteiger partial charge on any atom is 0.387 e. The standard InChI is InChI=1S/C18H16F2O4/c1-11-7-8-12(2)14(9-11)15(21)10-23-17(22)13-5-3-4-6-16(13)24-18(19)20/h3-9,18H,10H2,1-2H3. The van der Waals surface area contributed by atoms with Crippen LogP contribution in [0.2, 0.25) is 0 Å². The third-order valence-corrected chi connectivity index (χ3v) is 3.35. The first-order valence-corrected chi connectivity index (χ1v) is 7.20. The minimum absolute atomic E-state index is 0.161. The van der Waals surface area contributed by atoms with E-state index < -0.39 is 19.2 Å². The number of aryl methyl sites for hydroxylation is 2. The molecule has 0 saturated heterocycles. The normalized spacial score (nSPS) is 10.5. The van der Waals surface area contributed by atoms with Gasteiger partial charge in [-0.3, -0.25) is 4.79 Å². The number of alkyl halides is 2. The summed E-state index contributed by atoms with van der Waals surface area (Å²) in [6, 6.07) is 10.8. The monoisotopic (exact) mass is 334 g/mol. The van der Waals surface area contributed by atoms with Gasteiger partial charge in [-0.15, -0.1) is 0 Å². The van der Waals surface area contributed by atoms with Crippen molar-refractivity contribution in [3.63, 3.8) is 0 Å². The van der Waals surface area contributed by atoms with Crippen LogP contribution in [0, 0.1) is 13.8 Å². The topological polar surface area (TPSA) is 52.6 Å². The van der Waals surface area contributed by atoms with Gasteiger partial charge in [-0.1, -0.05) is 29.8 Å². The second kappa shape index (κ2) is 7.68. The Bertz CT molecular complexity index is 756. The lowest BCUT2D eigenvalue weighted by Crippen LogP contribution is -2.16. The molecule has 0 N–H and O–H groups in total. The van der Waals surface area contributed by atoms with Gasteiger partial charge in [0.15, 0.2) is 6.61 Å². The van der Waals surface area contributed by atoms with E-state index in [1.165, 1.54) is 24.3 Å². The molecule has 0 aromatic heterocycles.